The molecule has 5 nitrogen and oxygen atoms in total. The first-order valence-corrected chi connectivity index (χ1v) is 6.86. The molecule has 110 valence electrons. The molecular weight excluding hydrogens is 256 g/mol. The van der Waals surface area contributed by atoms with Crippen LogP contribution < -0.4 is 10.6 Å². The Morgan fingerprint density at radius 3 is 2.65 bits per heavy atom. The zero-order chi connectivity index (χ0) is 14.8. The molecule has 0 unspecified atom stereocenters. The van der Waals surface area contributed by atoms with Gasteiger partial charge in [-0.3, -0.25) is 5.32 Å². The summed E-state index contributed by atoms with van der Waals surface area (Å²) in [6, 6.07) is 5.19. The van der Waals surface area contributed by atoms with E-state index >= 15 is 0 Å². The Hall–Kier alpha value is -1.75. The molecule has 0 aliphatic carbocycles. The number of phenols is 1. The first-order valence-electron chi connectivity index (χ1n) is 6.86. The summed E-state index contributed by atoms with van der Waals surface area (Å²) in [5.74, 6) is 0.802. The number of hydrogen-bond donors (Lipinski definition) is 3. The Labute approximate surface area is 119 Å². The molecular formula is C15H22N2O3. The molecule has 0 atom stereocenters. The Morgan fingerprint density at radius 1 is 1.45 bits per heavy atom. The second kappa shape index (κ2) is 5.71. The minimum absolute atomic E-state index is 0.213. The van der Waals surface area contributed by atoms with Gasteiger partial charge < -0.3 is 15.2 Å². The van der Waals surface area contributed by atoms with Gasteiger partial charge in [-0.25, -0.2) is 4.79 Å². The maximum atomic E-state index is 11.6. The van der Waals surface area contributed by atoms with Gasteiger partial charge in [-0.15, -0.1) is 0 Å². The summed E-state index contributed by atoms with van der Waals surface area (Å²) in [6.07, 6.45) is 0.332. The van der Waals surface area contributed by atoms with Crippen LogP contribution in [0.25, 0.3) is 0 Å². The fourth-order valence-electron chi connectivity index (χ4n) is 2.04. The minimum atomic E-state index is -0.538. The van der Waals surface area contributed by atoms with E-state index in [-0.39, 0.29) is 5.75 Å². The zero-order valence-electron chi connectivity index (χ0n) is 12.2. The highest BCUT2D eigenvalue weighted by molar-refractivity contribution is 5.85. The molecule has 2 rings (SSSR count). The van der Waals surface area contributed by atoms with Crippen molar-refractivity contribution in [2.24, 2.45) is 5.92 Å². The number of ether oxygens (including phenoxy) is 1. The molecule has 1 amide bonds. The van der Waals surface area contributed by atoms with Gasteiger partial charge in [0.05, 0.1) is 0 Å². The molecule has 0 saturated carbocycles. The number of aromatic hydroxyl groups is 1. The monoisotopic (exact) mass is 278 g/mol. The van der Waals surface area contributed by atoms with Gasteiger partial charge in [0.25, 0.3) is 0 Å². The fourth-order valence-corrected chi connectivity index (χ4v) is 2.04. The molecule has 1 aliphatic rings. The van der Waals surface area contributed by atoms with E-state index in [1.54, 1.807) is 32.9 Å². The number of anilines is 1. The second-order valence-corrected chi connectivity index (χ2v) is 6.20. The Balaban J connectivity index is 1.96. The molecule has 0 aromatic heterocycles. The highest BCUT2D eigenvalue weighted by atomic mass is 16.6. The maximum Gasteiger partial charge on any atom is 0.412 e. The molecule has 1 saturated heterocycles. The summed E-state index contributed by atoms with van der Waals surface area (Å²) in [5, 5.41) is 15.8. The van der Waals surface area contributed by atoms with Crippen molar-refractivity contribution in [1.82, 2.24) is 5.32 Å². The van der Waals surface area contributed by atoms with Crippen LogP contribution in [0.3, 0.4) is 0 Å². The highest BCUT2D eigenvalue weighted by Gasteiger charge is 2.19. The lowest BCUT2D eigenvalue weighted by Gasteiger charge is -2.27. The van der Waals surface area contributed by atoms with Crippen LogP contribution in [0.5, 0.6) is 5.75 Å². The number of rotatable bonds is 3. The lowest BCUT2D eigenvalue weighted by molar-refractivity contribution is 0.0636. The van der Waals surface area contributed by atoms with Gasteiger partial charge in [0.2, 0.25) is 0 Å². The molecule has 0 bridgehead atoms. The summed E-state index contributed by atoms with van der Waals surface area (Å²) in [5.41, 5.74) is 0.905. The van der Waals surface area contributed by atoms with Gasteiger partial charge >= 0.3 is 6.09 Å². The minimum Gasteiger partial charge on any atom is -0.508 e. The van der Waals surface area contributed by atoms with E-state index < -0.39 is 11.7 Å². The normalized spacial score (nSPS) is 15.6. The highest BCUT2D eigenvalue weighted by Crippen LogP contribution is 2.25. The fraction of sp³-hybridized carbons (Fsp3) is 0.533. The van der Waals surface area contributed by atoms with Crippen LogP contribution in [0.15, 0.2) is 18.2 Å². The van der Waals surface area contributed by atoms with E-state index in [2.05, 4.69) is 10.6 Å². The van der Waals surface area contributed by atoms with Gasteiger partial charge in [0, 0.05) is 11.8 Å². The number of nitrogens with one attached hydrogen (secondary N) is 2. The largest absolute Gasteiger partial charge is 0.508 e. The van der Waals surface area contributed by atoms with Crippen LogP contribution >= 0.6 is 0 Å². The van der Waals surface area contributed by atoms with E-state index in [1.165, 1.54) is 0 Å². The maximum absolute atomic E-state index is 11.6. The van der Waals surface area contributed by atoms with Crippen molar-refractivity contribution in [3.63, 3.8) is 0 Å². The Kier molecular flexibility index (Phi) is 4.18. The van der Waals surface area contributed by atoms with E-state index in [0.717, 1.165) is 25.1 Å². The third-order valence-electron chi connectivity index (χ3n) is 3.11. The number of benzene rings is 1. The first kappa shape index (κ1) is 14.7. The van der Waals surface area contributed by atoms with Gasteiger partial charge in [0.1, 0.15) is 11.4 Å². The van der Waals surface area contributed by atoms with Crippen molar-refractivity contribution in [2.45, 2.75) is 32.8 Å². The molecule has 20 heavy (non-hydrogen) atoms. The smallest absolute Gasteiger partial charge is 0.412 e. The topological polar surface area (TPSA) is 70.6 Å². The lowest BCUT2D eigenvalue weighted by atomic mass is 9.94. The summed E-state index contributed by atoms with van der Waals surface area (Å²) >= 11 is 0. The van der Waals surface area contributed by atoms with Gasteiger partial charge in [-0.1, -0.05) is 6.07 Å². The standard InChI is InChI=1S/C15H22N2O3/c1-15(2,3)20-14(19)17-12-5-4-11(13(18)7-12)6-10-8-16-9-10/h4-5,7,10,16,18H,6,8-9H2,1-3H3,(H,17,19). The van der Waals surface area contributed by atoms with Crippen molar-refractivity contribution in [3.05, 3.63) is 23.8 Å². The van der Waals surface area contributed by atoms with Crippen molar-refractivity contribution in [1.29, 1.82) is 0 Å². The quantitative estimate of drug-likeness (QED) is 0.794. The molecule has 1 aromatic carbocycles. The van der Waals surface area contributed by atoms with Crippen LogP contribution in [0.1, 0.15) is 26.3 Å². The van der Waals surface area contributed by atoms with Crippen molar-refractivity contribution in [3.8, 4) is 5.75 Å². The summed E-state index contributed by atoms with van der Waals surface area (Å²) < 4.78 is 5.16. The molecule has 1 fully saturated rings. The third kappa shape index (κ3) is 4.13. The Morgan fingerprint density at radius 2 is 2.15 bits per heavy atom. The van der Waals surface area contributed by atoms with Crippen LogP contribution in [-0.4, -0.2) is 29.9 Å². The average molecular weight is 278 g/mol. The van der Waals surface area contributed by atoms with E-state index in [4.69, 9.17) is 4.74 Å². The summed E-state index contributed by atoms with van der Waals surface area (Å²) in [4.78, 5) is 11.6. The van der Waals surface area contributed by atoms with E-state index in [9.17, 15) is 9.90 Å². The predicted octanol–water partition coefficient (Wildman–Crippen LogP) is 2.50. The number of carbonyl (C=O) groups is 1. The van der Waals surface area contributed by atoms with E-state index in [1.807, 2.05) is 6.07 Å². The number of carbonyl (C=O) groups excluding carboxylic acids is 1. The van der Waals surface area contributed by atoms with Crippen LogP contribution in [0.4, 0.5) is 10.5 Å². The predicted molar refractivity (Wildman–Crippen MR) is 78.0 cm³/mol. The van der Waals surface area contributed by atoms with Crippen LogP contribution in [0.2, 0.25) is 0 Å². The molecule has 0 spiro atoms. The van der Waals surface area contributed by atoms with Crippen molar-refractivity contribution in [2.75, 3.05) is 18.4 Å². The van der Waals surface area contributed by atoms with Crippen LogP contribution in [-0.2, 0) is 11.2 Å². The SMILES string of the molecule is CC(C)(C)OC(=O)Nc1ccc(CC2CNC2)c(O)c1. The molecule has 1 aromatic rings. The third-order valence-corrected chi connectivity index (χ3v) is 3.11. The molecule has 0 radical (unpaired) electrons. The van der Waals surface area contributed by atoms with Gasteiger partial charge in [0.15, 0.2) is 0 Å². The second-order valence-electron chi connectivity index (χ2n) is 6.20. The number of phenolic OH excluding ortho intramolecular Hbond substituents is 1. The molecule has 5 heteroatoms. The molecule has 1 heterocycles. The van der Waals surface area contributed by atoms with Gasteiger partial charge in [-0.05, 0) is 57.8 Å². The molecule has 3 N–H and O–H groups in total. The Bertz CT molecular complexity index is 490. The molecule has 1 aliphatic heterocycles. The van der Waals surface area contributed by atoms with Crippen molar-refractivity contribution < 1.29 is 14.6 Å². The van der Waals surface area contributed by atoms with Crippen LogP contribution in [0, 0.1) is 5.92 Å². The lowest BCUT2D eigenvalue weighted by Crippen LogP contribution is -2.43. The first-order chi connectivity index (χ1) is 9.33. The zero-order valence-corrected chi connectivity index (χ0v) is 12.2. The summed E-state index contributed by atoms with van der Waals surface area (Å²) in [6.45, 7) is 7.41. The summed E-state index contributed by atoms with van der Waals surface area (Å²) in [7, 11) is 0. The van der Waals surface area contributed by atoms with Crippen molar-refractivity contribution >= 4 is 11.8 Å². The number of amides is 1. The van der Waals surface area contributed by atoms with Gasteiger partial charge in [-0.2, -0.15) is 0 Å². The number of hydrogen-bond acceptors (Lipinski definition) is 4. The average Bonchev–Trinajstić information content (AvgIpc) is 2.22. The van der Waals surface area contributed by atoms with E-state index in [0.29, 0.717) is 11.6 Å².